The Bertz CT molecular complexity index is 348. The fraction of sp³-hybridized carbons (Fsp3) is 0.111. The Morgan fingerprint density at radius 1 is 1.42 bits per heavy atom. The Kier molecular flexibility index (Phi) is 1.63. The molecule has 0 aliphatic carbocycles. The molecular weight excluding hydrogens is 150 g/mol. The summed E-state index contributed by atoms with van der Waals surface area (Å²) in [6.45, 7) is 2.03. The Hall–Kier alpha value is -1.64. The van der Waals surface area contributed by atoms with Crippen LogP contribution in [-0.2, 0) is 0 Å². The highest BCUT2D eigenvalue weighted by Gasteiger charge is 1.94. The van der Waals surface area contributed by atoms with Gasteiger partial charge >= 0.3 is 0 Å². The maximum atomic E-state index is 3.85. The first-order valence-electron chi connectivity index (χ1n) is 3.71. The zero-order chi connectivity index (χ0) is 8.39. The third kappa shape index (κ3) is 1.21. The van der Waals surface area contributed by atoms with E-state index in [9.17, 15) is 0 Å². The molecular formula is C9H8N3. The molecule has 0 N–H and O–H groups in total. The molecule has 12 heavy (non-hydrogen) atoms. The minimum atomic E-state index is 0.915. The van der Waals surface area contributed by atoms with Crippen LogP contribution in [0.4, 0.5) is 0 Å². The summed E-state index contributed by atoms with van der Waals surface area (Å²) >= 11 is 0. The Labute approximate surface area is 70.6 Å². The summed E-state index contributed by atoms with van der Waals surface area (Å²) in [5.74, 6) is 0. The fourth-order valence-electron chi connectivity index (χ4n) is 0.974. The molecule has 1 aromatic heterocycles. The second kappa shape index (κ2) is 2.77. The van der Waals surface area contributed by atoms with Gasteiger partial charge in [-0.1, -0.05) is 16.8 Å². The van der Waals surface area contributed by atoms with Crippen LogP contribution in [0.3, 0.4) is 0 Å². The van der Waals surface area contributed by atoms with Gasteiger partial charge in [0.1, 0.15) is 0 Å². The Morgan fingerprint density at radius 3 is 2.92 bits per heavy atom. The van der Waals surface area contributed by atoms with Crippen LogP contribution in [0.2, 0.25) is 0 Å². The molecule has 3 nitrogen and oxygen atoms in total. The predicted molar refractivity (Wildman–Crippen MR) is 44.9 cm³/mol. The molecule has 2 rings (SSSR count). The topological polar surface area (TPSA) is 30.7 Å². The van der Waals surface area contributed by atoms with Crippen molar-refractivity contribution in [2.24, 2.45) is 0 Å². The summed E-state index contributed by atoms with van der Waals surface area (Å²) < 4.78 is 1.68. The SMILES string of the molecule is Cc1c[c]c(-n2ccnn2)cc1. The van der Waals surface area contributed by atoms with Gasteiger partial charge in [0.15, 0.2) is 0 Å². The molecule has 0 unspecified atom stereocenters. The number of hydrogen-bond donors (Lipinski definition) is 0. The van der Waals surface area contributed by atoms with Crippen molar-refractivity contribution < 1.29 is 0 Å². The van der Waals surface area contributed by atoms with Crippen molar-refractivity contribution in [3.63, 3.8) is 0 Å². The highest BCUT2D eigenvalue weighted by atomic mass is 15.4. The molecule has 0 amide bonds. The van der Waals surface area contributed by atoms with Crippen LogP contribution in [-0.4, -0.2) is 15.0 Å². The molecule has 0 atom stereocenters. The van der Waals surface area contributed by atoms with Crippen molar-refractivity contribution in [2.75, 3.05) is 0 Å². The first kappa shape index (κ1) is 7.03. The molecule has 2 aromatic rings. The van der Waals surface area contributed by atoms with E-state index in [0.29, 0.717) is 0 Å². The highest BCUT2D eigenvalue weighted by Crippen LogP contribution is 2.05. The van der Waals surface area contributed by atoms with Crippen LogP contribution in [0.15, 0.2) is 30.6 Å². The lowest BCUT2D eigenvalue weighted by Gasteiger charge is -1.98. The van der Waals surface area contributed by atoms with E-state index in [2.05, 4.69) is 16.4 Å². The average molecular weight is 158 g/mol. The largest absolute Gasteiger partial charge is 0.220 e. The van der Waals surface area contributed by atoms with Crippen LogP contribution in [0.25, 0.3) is 5.69 Å². The van der Waals surface area contributed by atoms with Gasteiger partial charge in [0.2, 0.25) is 0 Å². The monoisotopic (exact) mass is 158 g/mol. The lowest BCUT2D eigenvalue weighted by atomic mass is 10.2. The predicted octanol–water partition coefficient (Wildman–Crippen LogP) is 1.38. The van der Waals surface area contributed by atoms with E-state index in [0.717, 1.165) is 5.69 Å². The quantitative estimate of drug-likeness (QED) is 0.627. The van der Waals surface area contributed by atoms with Gasteiger partial charge in [0, 0.05) is 6.07 Å². The normalized spacial score (nSPS) is 10.1. The maximum absolute atomic E-state index is 3.85. The molecule has 59 valence electrons. The van der Waals surface area contributed by atoms with Crippen LogP contribution in [0.1, 0.15) is 5.56 Å². The van der Waals surface area contributed by atoms with Crippen molar-refractivity contribution in [1.82, 2.24) is 15.0 Å². The molecule has 1 radical (unpaired) electrons. The van der Waals surface area contributed by atoms with Gasteiger partial charge in [-0.2, -0.15) is 0 Å². The molecule has 1 aromatic carbocycles. The van der Waals surface area contributed by atoms with Gasteiger partial charge in [-0.15, -0.1) is 5.10 Å². The second-order valence-electron chi connectivity index (χ2n) is 2.60. The number of rotatable bonds is 1. The average Bonchev–Trinajstić information content (AvgIpc) is 2.58. The van der Waals surface area contributed by atoms with E-state index in [1.807, 2.05) is 25.1 Å². The molecule has 0 saturated carbocycles. The summed E-state index contributed by atoms with van der Waals surface area (Å²) in [6, 6.07) is 9.01. The van der Waals surface area contributed by atoms with Gasteiger partial charge in [-0.3, -0.25) is 0 Å². The molecule has 0 bridgehead atoms. The van der Waals surface area contributed by atoms with Crippen molar-refractivity contribution in [1.29, 1.82) is 0 Å². The minimum Gasteiger partial charge on any atom is -0.220 e. The van der Waals surface area contributed by atoms with Gasteiger partial charge < -0.3 is 0 Å². The number of hydrogen-bond acceptors (Lipinski definition) is 2. The first-order valence-corrected chi connectivity index (χ1v) is 3.71. The van der Waals surface area contributed by atoms with Gasteiger partial charge in [-0.05, 0) is 19.1 Å². The van der Waals surface area contributed by atoms with E-state index in [4.69, 9.17) is 0 Å². The van der Waals surface area contributed by atoms with Crippen molar-refractivity contribution in [3.05, 3.63) is 42.2 Å². The number of aromatic nitrogens is 3. The summed E-state index contributed by atoms with van der Waals surface area (Å²) in [7, 11) is 0. The highest BCUT2D eigenvalue weighted by molar-refractivity contribution is 5.31. The minimum absolute atomic E-state index is 0.915. The van der Waals surface area contributed by atoms with E-state index in [1.54, 1.807) is 17.1 Å². The molecule has 0 spiro atoms. The van der Waals surface area contributed by atoms with E-state index < -0.39 is 0 Å². The summed E-state index contributed by atoms with van der Waals surface area (Å²) in [4.78, 5) is 0. The van der Waals surface area contributed by atoms with Crippen molar-refractivity contribution in [2.45, 2.75) is 6.92 Å². The molecule has 0 fully saturated rings. The van der Waals surface area contributed by atoms with E-state index in [1.165, 1.54) is 5.56 Å². The van der Waals surface area contributed by atoms with Crippen molar-refractivity contribution >= 4 is 0 Å². The van der Waals surface area contributed by atoms with Gasteiger partial charge in [0.05, 0.1) is 18.1 Å². The van der Waals surface area contributed by atoms with Gasteiger partial charge in [0.25, 0.3) is 0 Å². The lowest BCUT2D eigenvalue weighted by molar-refractivity contribution is 0.802. The molecule has 0 aliphatic heterocycles. The standard InChI is InChI=1S/C9H8N3/c1-8-2-4-9(5-3-8)12-7-6-10-11-12/h2-4,6-7H,1H3. The summed E-state index contributed by atoms with van der Waals surface area (Å²) in [6.07, 6.45) is 3.44. The Morgan fingerprint density at radius 2 is 2.33 bits per heavy atom. The lowest BCUT2D eigenvalue weighted by Crippen LogP contribution is -1.94. The van der Waals surface area contributed by atoms with E-state index >= 15 is 0 Å². The molecule has 3 heteroatoms. The van der Waals surface area contributed by atoms with Crippen LogP contribution < -0.4 is 0 Å². The maximum Gasteiger partial charge on any atom is 0.0742 e. The number of nitrogens with zero attached hydrogens (tertiary/aromatic N) is 3. The zero-order valence-corrected chi connectivity index (χ0v) is 6.73. The molecule has 0 aliphatic rings. The third-order valence-electron chi connectivity index (χ3n) is 1.62. The summed E-state index contributed by atoms with van der Waals surface area (Å²) in [5.41, 5.74) is 2.11. The van der Waals surface area contributed by atoms with Crippen molar-refractivity contribution in [3.8, 4) is 5.69 Å². The fourth-order valence-corrected chi connectivity index (χ4v) is 0.974. The van der Waals surface area contributed by atoms with Crippen LogP contribution >= 0.6 is 0 Å². The molecule has 1 heterocycles. The van der Waals surface area contributed by atoms with Crippen LogP contribution in [0.5, 0.6) is 0 Å². The van der Waals surface area contributed by atoms with Gasteiger partial charge in [-0.25, -0.2) is 4.68 Å². The smallest absolute Gasteiger partial charge is 0.0742 e. The zero-order valence-electron chi connectivity index (χ0n) is 6.73. The number of benzene rings is 1. The summed E-state index contributed by atoms with van der Waals surface area (Å²) in [5, 5.41) is 7.57. The number of aryl methyl sites for hydroxylation is 1. The van der Waals surface area contributed by atoms with E-state index in [-0.39, 0.29) is 0 Å². The first-order chi connectivity index (χ1) is 5.86. The van der Waals surface area contributed by atoms with Crippen LogP contribution in [0, 0.1) is 13.0 Å². The Balaban J connectivity index is 2.43. The second-order valence-corrected chi connectivity index (χ2v) is 2.60. The molecule has 0 saturated heterocycles. The third-order valence-corrected chi connectivity index (χ3v) is 1.62.